The summed E-state index contributed by atoms with van der Waals surface area (Å²) in [5, 5.41) is 6.76. The summed E-state index contributed by atoms with van der Waals surface area (Å²) in [7, 11) is 1.63. The lowest BCUT2D eigenvalue weighted by atomic mass is 10.2. The molecule has 2 rings (SSSR count). The molecular formula is C11H17N3O. The van der Waals surface area contributed by atoms with Crippen LogP contribution in [0, 0.1) is 0 Å². The van der Waals surface area contributed by atoms with E-state index in [-0.39, 0.29) is 0 Å². The van der Waals surface area contributed by atoms with Crippen LogP contribution in [0.1, 0.15) is 6.42 Å². The van der Waals surface area contributed by atoms with Crippen LogP contribution >= 0.6 is 0 Å². The lowest BCUT2D eigenvalue weighted by Crippen LogP contribution is -2.22. The molecule has 1 aliphatic heterocycles. The molecule has 0 bridgehead atoms. The molecule has 4 nitrogen and oxygen atoms in total. The van der Waals surface area contributed by atoms with Crippen LogP contribution in [0.15, 0.2) is 18.2 Å². The molecule has 1 aromatic carbocycles. The van der Waals surface area contributed by atoms with Crippen LogP contribution in [0.5, 0.6) is 5.75 Å². The van der Waals surface area contributed by atoms with Gasteiger partial charge < -0.3 is 21.1 Å². The minimum Gasteiger partial charge on any atom is -0.495 e. The van der Waals surface area contributed by atoms with Gasteiger partial charge in [0.05, 0.1) is 12.8 Å². The number of nitrogen functional groups attached to an aromatic ring is 1. The van der Waals surface area contributed by atoms with Gasteiger partial charge in [-0.3, -0.25) is 0 Å². The molecule has 4 N–H and O–H groups in total. The number of anilines is 2. The summed E-state index contributed by atoms with van der Waals surface area (Å²) in [6.45, 7) is 2.11. The van der Waals surface area contributed by atoms with Gasteiger partial charge in [-0.25, -0.2) is 0 Å². The molecule has 0 spiro atoms. The summed E-state index contributed by atoms with van der Waals surface area (Å²) in [5.41, 5.74) is 7.48. The second-order valence-electron chi connectivity index (χ2n) is 3.79. The fourth-order valence-corrected chi connectivity index (χ4v) is 1.81. The third kappa shape index (κ3) is 2.33. The van der Waals surface area contributed by atoms with Gasteiger partial charge in [0.2, 0.25) is 0 Å². The third-order valence-corrected chi connectivity index (χ3v) is 2.66. The molecule has 82 valence electrons. The first-order valence-corrected chi connectivity index (χ1v) is 5.20. The second-order valence-corrected chi connectivity index (χ2v) is 3.79. The molecular weight excluding hydrogens is 190 g/mol. The van der Waals surface area contributed by atoms with Gasteiger partial charge in [0.15, 0.2) is 0 Å². The number of nitrogens with two attached hydrogens (primary N) is 1. The Morgan fingerprint density at radius 1 is 1.53 bits per heavy atom. The highest BCUT2D eigenvalue weighted by Gasteiger charge is 2.14. The van der Waals surface area contributed by atoms with E-state index in [0.29, 0.717) is 11.7 Å². The monoisotopic (exact) mass is 207 g/mol. The van der Waals surface area contributed by atoms with Crippen LogP contribution in [-0.4, -0.2) is 26.2 Å². The Bertz CT molecular complexity index is 335. The number of methoxy groups -OCH3 is 1. The van der Waals surface area contributed by atoms with Gasteiger partial charge in [0.25, 0.3) is 0 Å². The molecule has 0 aromatic heterocycles. The van der Waals surface area contributed by atoms with E-state index in [1.165, 1.54) is 0 Å². The van der Waals surface area contributed by atoms with Crippen molar-refractivity contribution in [3.63, 3.8) is 0 Å². The maximum absolute atomic E-state index is 5.74. The van der Waals surface area contributed by atoms with Crippen LogP contribution < -0.4 is 21.1 Å². The van der Waals surface area contributed by atoms with E-state index >= 15 is 0 Å². The summed E-state index contributed by atoms with van der Waals surface area (Å²) in [4.78, 5) is 0. The fourth-order valence-electron chi connectivity index (χ4n) is 1.81. The van der Waals surface area contributed by atoms with Crippen LogP contribution in [0.3, 0.4) is 0 Å². The predicted octanol–water partition coefficient (Wildman–Crippen LogP) is 1.05. The Hall–Kier alpha value is -1.42. The summed E-state index contributed by atoms with van der Waals surface area (Å²) in [6.07, 6.45) is 1.16. The number of rotatable bonds is 3. The minimum atomic E-state index is 0.512. The lowest BCUT2D eigenvalue weighted by molar-refractivity contribution is 0.417. The third-order valence-electron chi connectivity index (χ3n) is 2.66. The van der Waals surface area contributed by atoms with Crippen LogP contribution in [-0.2, 0) is 0 Å². The van der Waals surface area contributed by atoms with Crippen molar-refractivity contribution >= 4 is 11.4 Å². The molecule has 1 saturated heterocycles. The van der Waals surface area contributed by atoms with Crippen molar-refractivity contribution in [2.24, 2.45) is 0 Å². The molecule has 1 unspecified atom stereocenters. The van der Waals surface area contributed by atoms with Crippen LogP contribution in [0.2, 0.25) is 0 Å². The molecule has 0 aliphatic carbocycles. The van der Waals surface area contributed by atoms with Gasteiger partial charge >= 0.3 is 0 Å². The van der Waals surface area contributed by atoms with Crippen LogP contribution in [0.25, 0.3) is 0 Å². The van der Waals surface area contributed by atoms with E-state index in [4.69, 9.17) is 10.5 Å². The molecule has 15 heavy (non-hydrogen) atoms. The van der Waals surface area contributed by atoms with Gasteiger partial charge in [0.1, 0.15) is 5.75 Å². The smallest absolute Gasteiger partial charge is 0.143 e. The molecule has 0 radical (unpaired) electrons. The van der Waals surface area contributed by atoms with Gasteiger partial charge in [-0.05, 0) is 25.1 Å². The Kier molecular flexibility index (Phi) is 2.97. The zero-order valence-corrected chi connectivity index (χ0v) is 8.92. The Morgan fingerprint density at radius 3 is 3.07 bits per heavy atom. The van der Waals surface area contributed by atoms with E-state index in [1.54, 1.807) is 7.11 Å². The van der Waals surface area contributed by atoms with E-state index in [0.717, 1.165) is 30.9 Å². The first-order chi connectivity index (χ1) is 7.29. The fraction of sp³-hybridized carbons (Fsp3) is 0.455. The highest BCUT2D eigenvalue weighted by atomic mass is 16.5. The van der Waals surface area contributed by atoms with E-state index < -0.39 is 0 Å². The molecule has 1 fully saturated rings. The van der Waals surface area contributed by atoms with Crippen molar-refractivity contribution in [3.05, 3.63) is 18.2 Å². The van der Waals surface area contributed by atoms with Crippen LogP contribution in [0.4, 0.5) is 11.4 Å². The maximum atomic E-state index is 5.74. The van der Waals surface area contributed by atoms with E-state index in [9.17, 15) is 0 Å². The number of ether oxygens (including phenoxy) is 1. The van der Waals surface area contributed by atoms with E-state index in [2.05, 4.69) is 10.6 Å². The largest absolute Gasteiger partial charge is 0.495 e. The summed E-state index contributed by atoms with van der Waals surface area (Å²) in [6, 6.07) is 6.30. The average Bonchev–Trinajstić information content (AvgIpc) is 2.73. The van der Waals surface area contributed by atoms with Crippen molar-refractivity contribution < 1.29 is 4.74 Å². The Labute approximate surface area is 89.8 Å². The van der Waals surface area contributed by atoms with Crippen molar-refractivity contribution in [1.29, 1.82) is 0 Å². The van der Waals surface area contributed by atoms with E-state index in [1.807, 2.05) is 18.2 Å². The Morgan fingerprint density at radius 2 is 2.40 bits per heavy atom. The van der Waals surface area contributed by atoms with Gasteiger partial charge in [-0.2, -0.15) is 0 Å². The summed E-state index contributed by atoms with van der Waals surface area (Å²) in [5.74, 6) is 0.728. The molecule has 0 amide bonds. The highest BCUT2D eigenvalue weighted by molar-refractivity contribution is 5.61. The molecule has 0 saturated carbocycles. The lowest BCUT2D eigenvalue weighted by Gasteiger charge is -2.14. The molecule has 1 aliphatic rings. The standard InChI is InChI=1S/C11H17N3O/c1-15-11-6-8(2-3-10(11)12)14-9-4-5-13-7-9/h2-3,6,9,13-14H,4-5,7,12H2,1H3. The second kappa shape index (κ2) is 4.40. The van der Waals surface area contributed by atoms with Crippen molar-refractivity contribution in [2.45, 2.75) is 12.5 Å². The van der Waals surface area contributed by atoms with Crippen molar-refractivity contribution in [2.75, 3.05) is 31.2 Å². The number of hydrogen-bond donors (Lipinski definition) is 3. The average molecular weight is 207 g/mol. The highest BCUT2D eigenvalue weighted by Crippen LogP contribution is 2.25. The summed E-state index contributed by atoms with van der Waals surface area (Å²) < 4.78 is 5.17. The number of hydrogen-bond acceptors (Lipinski definition) is 4. The number of nitrogens with one attached hydrogen (secondary N) is 2. The quantitative estimate of drug-likeness (QED) is 0.648. The zero-order valence-electron chi connectivity index (χ0n) is 8.92. The molecule has 1 atom stereocenters. The van der Waals surface area contributed by atoms with Gasteiger partial charge in [-0.1, -0.05) is 0 Å². The topological polar surface area (TPSA) is 59.3 Å². The van der Waals surface area contributed by atoms with Gasteiger partial charge in [-0.15, -0.1) is 0 Å². The zero-order chi connectivity index (χ0) is 10.7. The molecule has 1 heterocycles. The molecule has 1 aromatic rings. The molecule has 4 heteroatoms. The van der Waals surface area contributed by atoms with Gasteiger partial charge in [0, 0.05) is 24.3 Å². The van der Waals surface area contributed by atoms with Crippen molar-refractivity contribution in [3.8, 4) is 5.75 Å². The number of benzene rings is 1. The normalized spacial score (nSPS) is 20.2. The van der Waals surface area contributed by atoms with Crippen molar-refractivity contribution in [1.82, 2.24) is 5.32 Å². The maximum Gasteiger partial charge on any atom is 0.143 e. The first kappa shape index (κ1) is 10.1. The minimum absolute atomic E-state index is 0.512. The first-order valence-electron chi connectivity index (χ1n) is 5.20. The predicted molar refractivity (Wildman–Crippen MR) is 62.3 cm³/mol. The SMILES string of the molecule is COc1cc(NC2CCNC2)ccc1N. The Balaban J connectivity index is 2.07. The summed E-state index contributed by atoms with van der Waals surface area (Å²) >= 11 is 0.